The van der Waals surface area contributed by atoms with Gasteiger partial charge in [0, 0.05) is 38.2 Å². The molecular weight excluding hydrogens is 721 g/mol. The Hall–Kier alpha value is -6.85. The molecule has 1 aliphatic rings. The molecule has 5 nitrogen and oxygen atoms in total. The van der Waals surface area contributed by atoms with Crippen molar-refractivity contribution in [2.75, 3.05) is 0 Å². The van der Waals surface area contributed by atoms with Crippen LogP contribution in [0.15, 0.2) is 162 Å². The van der Waals surface area contributed by atoms with E-state index in [0.717, 1.165) is 49.8 Å². The molecule has 5 heteroatoms. The zero-order valence-electron chi connectivity index (χ0n) is 34.2. The minimum absolute atomic E-state index is 0.0153. The summed E-state index contributed by atoms with van der Waals surface area (Å²) in [6.07, 6.45) is 0. The first kappa shape index (κ1) is 35.3. The molecule has 0 aliphatic heterocycles. The van der Waals surface area contributed by atoms with Gasteiger partial charge in [0.2, 0.25) is 0 Å². The van der Waals surface area contributed by atoms with Crippen molar-refractivity contribution in [1.82, 2.24) is 19.5 Å². The van der Waals surface area contributed by atoms with E-state index in [1.807, 2.05) is 72.8 Å². The lowest BCUT2D eigenvalue weighted by Crippen LogP contribution is -2.42. The summed E-state index contributed by atoms with van der Waals surface area (Å²) in [6, 6.07) is 55.6. The number of furan rings is 1. The molecule has 0 saturated carbocycles. The predicted octanol–water partition coefficient (Wildman–Crippen LogP) is 14.1. The van der Waals surface area contributed by atoms with Crippen LogP contribution in [0.5, 0.6) is 0 Å². The molecule has 11 rings (SSSR count). The number of aromatic nitrogens is 4. The van der Waals surface area contributed by atoms with Gasteiger partial charge in [-0.25, -0.2) is 15.0 Å². The largest absolute Gasteiger partial charge is 0.456 e. The first-order valence-corrected chi connectivity index (χ1v) is 20.5. The van der Waals surface area contributed by atoms with Crippen LogP contribution in [-0.2, 0) is 10.8 Å². The fraction of sp³-hybridized carbons (Fsp3) is 0.167. The first-order valence-electron chi connectivity index (χ1n) is 20.5. The van der Waals surface area contributed by atoms with Crippen molar-refractivity contribution in [3.8, 4) is 51.0 Å². The van der Waals surface area contributed by atoms with Gasteiger partial charge in [0.1, 0.15) is 11.2 Å². The van der Waals surface area contributed by atoms with Crippen LogP contribution in [0.1, 0.15) is 52.7 Å². The summed E-state index contributed by atoms with van der Waals surface area (Å²) < 4.78 is 9.03. The van der Waals surface area contributed by atoms with Gasteiger partial charge in [-0.15, -0.1) is 0 Å². The monoisotopic (exact) mass is 764 g/mol. The fourth-order valence-electron chi connectivity index (χ4n) is 9.87. The molecule has 0 fully saturated rings. The van der Waals surface area contributed by atoms with Crippen LogP contribution in [0.2, 0.25) is 0 Å². The Morgan fingerprint density at radius 3 is 1.75 bits per heavy atom. The van der Waals surface area contributed by atoms with Crippen molar-refractivity contribution in [2.45, 2.75) is 52.4 Å². The minimum Gasteiger partial charge on any atom is -0.456 e. The molecule has 10 aromatic rings. The van der Waals surface area contributed by atoms with Gasteiger partial charge in [-0.05, 0) is 81.0 Å². The molecule has 59 heavy (non-hydrogen) atoms. The van der Waals surface area contributed by atoms with E-state index < -0.39 is 0 Å². The number of hydrogen-bond acceptors (Lipinski definition) is 4. The Labute approximate surface area is 344 Å². The topological polar surface area (TPSA) is 56.7 Å². The number of benzene rings is 7. The molecule has 3 heterocycles. The van der Waals surface area contributed by atoms with Gasteiger partial charge < -0.3 is 8.98 Å². The van der Waals surface area contributed by atoms with Crippen molar-refractivity contribution in [2.24, 2.45) is 5.41 Å². The third-order valence-corrected chi connectivity index (χ3v) is 14.1. The van der Waals surface area contributed by atoms with Crippen LogP contribution in [0.3, 0.4) is 0 Å². The lowest BCUT2D eigenvalue weighted by atomic mass is 9.59. The van der Waals surface area contributed by atoms with Crippen molar-refractivity contribution >= 4 is 43.7 Å². The summed E-state index contributed by atoms with van der Waals surface area (Å²) in [5.41, 5.74) is 13.2. The van der Waals surface area contributed by atoms with Crippen LogP contribution in [0.25, 0.3) is 94.7 Å². The summed E-state index contributed by atoms with van der Waals surface area (Å²) >= 11 is 0. The van der Waals surface area contributed by atoms with Crippen molar-refractivity contribution in [3.05, 3.63) is 169 Å². The normalized spacial score (nSPS) is 15.4. The van der Waals surface area contributed by atoms with Gasteiger partial charge in [-0.3, -0.25) is 0 Å². The second kappa shape index (κ2) is 12.6. The maximum absolute atomic E-state index is 6.52. The van der Waals surface area contributed by atoms with Gasteiger partial charge in [-0.1, -0.05) is 157 Å². The van der Waals surface area contributed by atoms with Gasteiger partial charge >= 0.3 is 0 Å². The number of nitrogens with zero attached hydrogens (tertiary/aromatic N) is 4. The van der Waals surface area contributed by atoms with E-state index in [1.54, 1.807) is 0 Å². The maximum atomic E-state index is 6.52. The summed E-state index contributed by atoms with van der Waals surface area (Å²) in [5.74, 6) is 1.86. The molecule has 0 bridgehead atoms. The zero-order valence-corrected chi connectivity index (χ0v) is 34.2. The number of rotatable bonds is 5. The summed E-state index contributed by atoms with van der Waals surface area (Å²) in [6.45, 7) is 14.6. The fourth-order valence-corrected chi connectivity index (χ4v) is 9.87. The Kier molecular flexibility index (Phi) is 7.53. The standard InChI is InChI=1S/C54H44N4O/c1-52(2)41-23-16-25-44(48(41)53(3,4)54(52,5)6)58-42-24-14-13-21-37(42)39-31-35(27-29-43(39)58)36-28-30-45-40(32-36)47-38(22-15-26-46(47)59-45)51-56-49(33-17-9-7-10-18-33)55-50(57-51)34-19-11-8-12-20-34/h7-32H,1-6H3. The maximum Gasteiger partial charge on any atom is 0.164 e. The number of fused-ring (bicyclic) bond motifs is 7. The molecular formula is C54H44N4O. The van der Waals surface area contributed by atoms with Crippen molar-refractivity contribution in [3.63, 3.8) is 0 Å². The Morgan fingerprint density at radius 1 is 0.441 bits per heavy atom. The van der Waals surface area contributed by atoms with Crippen LogP contribution in [-0.4, -0.2) is 19.5 Å². The van der Waals surface area contributed by atoms with Crippen LogP contribution >= 0.6 is 0 Å². The van der Waals surface area contributed by atoms with E-state index in [4.69, 9.17) is 19.4 Å². The highest BCUT2D eigenvalue weighted by Crippen LogP contribution is 2.63. The minimum atomic E-state index is -0.0464. The molecule has 0 atom stereocenters. The lowest BCUT2D eigenvalue weighted by molar-refractivity contribution is 0.125. The van der Waals surface area contributed by atoms with Crippen LogP contribution < -0.4 is 0 Å². The summed E-state index contributed by atoms with van der Waals surface area (Å²) in [5, 5.41) is 4.48. The molecule has 0 saturated heterocycles. The number of hydrogen-bond donors (Lipinski definition) is 0. The van der Waals surface area contributed by atoms with Gasteiger partial charge in [-0.2, -0.15) is 0 Å². The molecule has 0 amide bonds. The van der Waals surface area contributed by atoms with E-state index in [1.165, 1.54) is 38.6 Å². The summed E-state index contributed by atoms with van der Waals surface area (Å²) in [4.78, 5) is 15.1. The van der Waals surface area contributed by atoms with Crippen LogP contribution in [0, 0.1) is 5.41 Å². The average Bonchev–Trinajstić information content (AvgIpc) is 3.84. The smallest absolute Gasteiger partial charge is 0.164 e. The molecule has 7 aromatic carbocycles. The molecule has 0 N–H and O–H groups in total. The number of para-hydroxylation sites is 1. The van der Waals surface area contributed by atoms with E-state index >= 15 is 0 Å². The second-order valence-corrected chi connectivity index (χ2v) is 17.7. The van der Waals surface area contributed by atoms with E-state index in [2.05, 4.69) is 131 Å². The van der Waals surface area contributed by atoms with E-state index in [9.17, 15) is 0 Å². The second-order valence-electron chi connectivity index (χ2n) is 17.7. The highest BCUT2D eigenvalue weighted by atomic mass is 16.3. The Balaban J connectivity index is 1.09. The Morgan fingerprint density at radius 2 is 1.03 bits per heavy atom. The zero-order chi connectivity index (χ0) is 40.3. The third-order valence-electron chi connectivity index (χ3n) is 14.1. The summed E-state index contributed by atoms with van der Waals surface area (Å²) in [7, 11) is 0. The SMILES string of the molecule is CC1(C)c2cccc(-n3c4ccccc4c4cc(-c5ccc6oc7cccc(-c8nc(-c9ccccc9)nc(-c9ccccc9)n8)c7c6c5)ccc43)c2C(C)(C)C1(C)C. The first-order chi connectivity index (χ1) is 28.5. The van der Waals surface area contributed by atoms with Crippen molar-refractivity contribution in [1.29, 1.82) is 0 Å². The third kappa shape index (κ3) is 5.07. The molecule has 1 aliphatic carbocycles. The molecule has 0 spiro atoms. The molecule has 0 radical (unpaired) electrons. The quantitative estimate of drug-likeness (QED) is 0.175. The van der Waals surface area contributed by atoms with Crippen LogP contribution in [0.4, 0.5) is 0 Å². The molecule has 0 unspecified atom stereocenters. The highest BCUT2D eigenvalue weighted by molar-refractivity contribution is 6.14. The van der Waals surface area contributed by atoms with Gasteiger partial charge in [0.25, 0.3) is 0 Å². The predicted molar refractivity (Wildman–Crippen MR) is 243 cm³/mol. The molecule has 3 aromatic heterocycles. The van der Waals surface area contributed by atoms with Crippen molar-refractivity contribution < 1.29 is 4.42 Å². The molecule has 286 valence electrons. The van der Waals surface area contributed by atoms with Gasteiger partial charge in [0.15, 0.2) is 17.5 Å². The van der Waals surface area contributed by atoms with E-state index in [0.29, 0.717) is 17.5 Å². The van der Waals surface area contributed by atoms with E-state index in [-0.39, 0.29) is 16.2 Å². The lowest BCUT2D eigenvalue weighted by Gasteiger charge is -2.44. The average molecular weight is 765 g/mol. The highest BCUT2D eigenvalue weighted by Gasteiger charge is 2.57. The Bertz CT molecular complexity index is 3240. The van der Waals surface area contributed by atoms with Gasteiger partial charge in [0.05, 0.1) is 16.7 Å².